The van der Waals surface area contributed by atoms with Crippen molar-refractivity contribution in [3.63, 3.8) is 0 Å². The van der Waals surface area contributed by atoms with Crippen molar-refractivity contribution in [1.29, 1.82) is 0 Å². The zero-order chi connectivity index (χ0) is 22.2. The number of nitrogens with zero attached hydrogens (tertiary/aromatic N) is 3. The standard InChI is InChI=1S/C22H25N5O3S/c1-4-27-20(15(2)23-21(29)16-9-6-5-7-10-16)25-26-22(27)31-14-19(28)24-17-11-8-12-18(13-17)30-3/h5-13,15H,4,14H2,1-3H3,(H,23,29)(H,24,28)/t15-/m0/s1. The molecule has 0 fully saturated rings. The summed E-state index contributed by atoms with van der Waals surface area (Å²) in [6, 6.07) is 15.9. The Morgan fingerprint density at radius 2 is 1.90 bits per heavy atom. The van der Waals surface area contributed by atoms with Crippen LogP contribution in [-0.4, -0.2) is 39.4 Å². The molecule has 0 spiro atoms. The Bertz CT molecular complexity index is 1040. The van der Waals surface area contributed by atoms with E-state index in [-0.39, 0.29) is 23.6 Å². The molecule has 1 atom stereocenters. The van der Waals surface area contributed by atoms with E-state index in [1.54, 1.807) is 31.4 Å². The second-order valence-electron chi connectivity index (χ2n) is 6.72. The highest BCUT2D eigenvalue weighted by atomic mass is 32.2. The van der Waals surface area contributed by atoms with Crippen molar-refractivity contribution in [2.75, 3.05) is 18.2 Å². The van der Waals surface area contributed by atoms with Gasteiger partial charge in [0.2, 0.25) is 5.91 Å². The van der Waals surface area contributed by atoms with Gasteiger partial charge >= 0.3 is 0 Å². The van der Waals surface area contributed by atoms with Gasteiger partial charge in [-0.05, 0) is 38.1 Å². The molecule has 9 heteroatoms. The number of carbonyl (C=O) groups is 2. The SMILES string of the molecule is CCn1c(SCC(=O)Nc2cccc(OC)c2)nnc1[C@H](C)NC(=O)c1ccccc1. The molecule has 0 saturated carbocycles. The molecule has 3 aromatic rings. The van der Waals surface area contributed by atoms with Gasteiger partial charge < -0.3 is 19.9 Å². The second kappa shape index (κ2) is 10.6. The lowest BCUT2D eigenvalue weighted by Crippen LogP contribution is -2.28. The van der Waals surface area contributed by atoms with Gasteiger partial charge in [-0.3, -0.25) is 9.59 Å². The lowest BCUT2D eigenvalue weighted by Gasteiger charge is -2.15. The number of nitrogens with one attached hydrogen (secondary N) is 2. The maximum Gasteiger partial charge on any atom is 0.251 e. The van der Waals surface area contributed by atoms with Crippen molar-refractivity contribution in [3.8, 4) is 5.75 Å². The third-order valence-corrected chi connectivity index (χ3v) is 5.49. The Labute approximate surface area is 185 Å². The number of benzene rings is 2. The van der Waals surface area contributed by atoms with Gasteiger partial charge in [-0.1, -0.05) is 36.0 Å². The number of anilines is 1. The van der Waals surface area contributed by atoms with Crippen LogP contribution in [0.25, 0.3) is 0 Å². The number of hydrogen-bond donors (Lipinski definition) is 2. The summed E-state index contributed by atoms with van der Waals surface area (Å²) >= 11 is 1.30. The lowest BCUT2D eigenvalue weighted by atomic mass is 10.2. The summed E-state index contributed by atoms with van der Waals surface area (Å²) < 4.78 is 7.07. The highest BCUT2D eigenvalue weighted by Gasteiger charge is 2.20. The fraction of sp³-hybridized carbons (Fsp3) is 0.273. The average molecular weight is 440 g/mol. The van der Waals surface area contributed by atoms with E-state index < -0.39 is 0 Å². The van der Waals surface area contributed by atoms with E-state index in [2.05, 4.69) is 20.8 Å². The van der Waals surface area contributed by atoms with Crippen molar-refractivity contribution in [3.05, 3.63) is 66.0 Å². The molecule has 8 nitrogen and oxygen atoms in total. The van der Waals surface area contributed by atoms with E-state index in [0.717, 1.165) is 0 Å². The Balaban J connectivity index is 1.61. The first-order chi connectivity index (χ1) is 15.0. The fourth-order valence-corrected chi connectivity index (χ4v) is 3.80. The monoisotopic (exact) mass is 439 g/mol. The number of amides is 2. The van der Waals surface area contributed by atoms with Crippen molar-refractivity contribution in [2.45, 2.75) is 31.6 Å². The first-order valence-electron chi connectivity index (χ1n) is 9.87. The predicted octanol–water partition coefficient (Wildman–Crippen LogP) is 3.53. The minimum Gasteiger partial charge on any atom is -0.497 e. The molecular formula is C22H25N5O3S. The van der Waals surface area contributed by atoms with Gasteiger partial charge in [0.25, 0.3) is 5.91 Å². The summed E-state index contributed by atoms with van der Waals surface area (Å²) in [7, 11) is 1.58. The van der Waals surface area contributed by atoms with Gasteiger partial charge in [-0.2, -0.15) is 0 Å². The number of methoxy groups -OCH3 is 1. The molecule has 1 aromatic heterocycles. The maximum atomic E-state index is 12.4. The van der Waals surface area contributed by atoms with Crippen LogP contribution in [0.5, 0.6) is 5.75 Å². The average Bonchev–Trinajstić information content (AvgIpc) is 3.21. The number of ether oxygens (including phenoxy) is 1. The molecule has 3 rings (SSSR count). The minimum absolute atomic E-state index is 0.157. The Kier molecular flexibility index (Phi) is 7.66. The summed E-state index contributed by atoms with van der Waals surface area (Å²) in [5.74, 6) is 1.16. The van der Waals surface area contributed by atoms with Gasteiger partial charge in [-0.15, -0.1) is 10.2 Å². The van der Waals surface area contributed by atoms with E-state index in [1.165, 1.54) is 11.8 Å². The molecule has 0 aliphatic rings. The predicted molar refractivity (Wildman–Crippen MR) is 120 cm³/mol. The summed E-state index contributed by atoms with van der Waals surface area (Å²) in [6.07, 6.45) is 0. The van der Waals surface area contributed by atoms with E-state index in [9.17, 15) is 9.59 Å². The summed E-state index contributed by atoms with van der Waals surface area (Å²) in [5.41, 5.74) is 1.25. The van der Waals surface area contributed by atoms with Crippen LogP contribution in [0.1, 0.15) is 36.1 Å². The number of hydrogen-bond acceptors (Lipinski definition) is 6. The zero-order valence-corrected chi connectivity index (χ0v) is 18.5. The first-order valence-corrected chi connectivity index (χ1v) is 10.9. The molecule has 2 aromatic carbocycles. The highest BCUT2D eigenvalue weighted by Crippen LogP contribution is 2.22. The summed E-state index contributed by atoms with van der Waals surface area (Å²) in [4.78, 5) is 24.8. The molecule has 2 N–H and O–H groups in total. The molecule has 31 heavy (non-hydrogen) atoms. The Morgan fingerprint density at radius 1 is 1.13 bits per heavy atom. The molecular weight excluding hydrogens is 414 g/mol. The van der Waals surface area contributed by atoms with Gasteiger partial charge in [0.1, 0.15) is 5.75 Å². The van der Waals surface area contributed by atoms with Crippen LogP contribution in [0.2, 0.25) is 0 Å². The highest BCUT2D eigenvalue weighted by molar-refractivity contribution is 7.99. The third kappa shape index (κ3) is 5.85. The van der Waals surface area contributed by atoms with Crippen LogP contribution < -0.4 is 15.4 Å². The van der Waals surface area contributed by atoms with E-state index in [4.69, 9.17) is 4.74 Å². The number of carbonyl (C=O) groups excluding carboxylic acids is 2. The molecule has 0 aliphatic heterocycles. The maximum absolute atomic E-state index is 12.4. The fourth-order valence-electron chi connectivity index (χ4n) is 2.99. The van der Waals surface area contributed by atoms with E-state index in [0.29, 0.717) is 34.5 Å². The molecule has 0 unspecified atom stereocenters. The van der Waals surface area contributed by atoms with Crippen LogP contribution in [0.4, 0.5) is 5.69 Å². The van der Waals surface area contributed by atoms with Gasteiger partial charge in [0, 0.05) is 23.9 Å². The normalized spacial score (nSPS) is 11.6. The van der Waals surface area contributed by atoms with Crippen LogP contribution in [-0.2, 0) is 11.3 Å². The quantitative estimate of drug-likeness (QED) is 0.495. The molecule has 0 bridgehead atoms. The number of rotatable bonds is 9. The molecule has 0 aliphatic carbocycles. The number of aromatic nitrogens is 3. The van der Waals surface area contributed by atoms with Gasteiger partial charge in [-0.25, -0.2) is 0 Å². The van der Waals surface area contributed by atoms with Gasteiger partial charge in [0.15, 0.2) is 11.0 Å². The third-order valence-electron chi connectivity index (χ3n) is 4.52. The van der Waals surface area contributed by atoms with Crippen molar-refractivity contribution < 1.29 is 14.3 Å². The van der Waals surface area contributed by atoms with Crippen LogP contribution in [0.3, 0.4) is 0 Å². The van der Waals surface area contributed by atoms with Crippen LogP contribution in [0.15, 0.2) is 59.8 Å². The van der Waals surface area contributed by atoms with E-state index >= 15 is 0 Å². The first kappa shape index (κ1) is 22.4. The summed E-state index contributed by atoms with van der Waals surface area (Å²) in [5, 5.41) is 14.9. The second-order valence-corrected chi connectivity index (χ2v) is 7.66. The molecule has 1 heterocycles. The van der Waals surface area contributed by atoms with Crippen molar-refractivity contribution >= 4 is 29.3 Å². The largest absolute Gasteiger partial charge is 0.497 e. The summed E-state index contributed by atoms with van der Waals surface area (Å²) in [6.45, 7) is 4.45. The number of thioether (sulfide) groups is 1. The Hall–Kier alpha value is -3.33. The molecule has 0 radical (unpaired) electrons. The zero-order valence-electron chi connectivity index (χ0n) is 17.7. The topological polar surface area (TPSA) is 98.1 Å². The van der Waals surface area contributed by atoms with Crippen molar-refractivity contribution in [1.82, 2.24) is 20.1 Å². The smallest absolute Gasteiger partial charge is 0.251 e. The van der Waals surface area contributed by atoms with Gasteiger partial charge in [0.05, 0.1) is 18.9 Å². The molecule has 2 amide bonds. The van der Waals surface area contributed by atoms with Crippen molar-refractivity contribution in [2.24, 2.45) is 0 Å². The Morgan fingerprint density at radius 3 is 2.61 bits per heavy atom. The molecule has 0 saturated heterocycles. The van der Waals surface area contributed by atoms with E-state index in [1.807, 2.05) is 48.7 Å². The lowest BCUT2D eigenvalue weighted by molar-refractivity contribution is -0.113. The minimum atomic E-state index is -0.333. The van der Waals surface area contributed by atoms with Crippen LogP contribution >= 0.6 is 11.8 Å². The van der Waals surface area contributed by atoms with Crippen LogP contribution in [0, 0.1) is 0 Å². The molecule has 162 valence electrons.